The minimum atomic E-state index is -0.190. The second kappa shape index (κ2) is 9.63. The summed E-state index contributed by atoms with van der Waals surface area (Å²) < 4.78 is 11.1. The number of rotatable bonds is 7. The number of nitrogens with zero attached hydrogens (tertiary/aromatic N) is 1. The molecule has 1 atom stereocenters. The predicted octanol–water partition coefficient (Wildman–Crippen LogP) is 2.82. The number of fused-ring (bicyclic) bond motifs is 1. The van der Waals surface area contributed by atoms with E-state index in [1.807, 2.05) is 57.2 Å². The SMILES string of the molecule is Cc1cccc(C)c1NC(=O)CN(C)CC(=O)N[C@H](C)c1ccc2c(c1)OCCO2. The third-order valence-electron chi connectivity index (χ3n) is 5.02. The number of hydrogen-bond acceptors (Lipinski definition) is 5. The van der Waals surface area contributed by atoms with Gasteiger partial charge in [0.2, 0.25) is 11.8 Å². The lowest BCUT2D eigenvalue weighted by Gasteiger charge is -2.22. The van der Waals surface area contributed by atoms with E-state index < -0.39 is 0 Å². The van der Waals surface area contributed by atoms with Crippen molar-refractivity contribution >= 4 is 17.5 Å². The third kappa shape index (κ3) is 5.51. The van der Waals surface area contributed by atoms with Crippen LogP contribution in [0.3, 0.4) is 0 Å². The zero-order valence-corrected chi connectivity index (χ0v) is 18.0. The lowest BCUT2D eigenvalue weighted by atomic mass is 10.1. The fourth-order valence-electron chi connectivity index (χ4n) is 3.44. The smallest absolute Gasteiger partial charge is 0.238 e. The second-order valence-corrected chi connectivity index (χ2v) is 7.68. The average Bonchev–Trinajstić information content (AvgIpc) is 2.70. The maximum Gasteiger partial charge on any atom is 0.238 e. The van der Waals surface area contributed by atoms with E-state index in [2.05, 4.69) is 10.6 Å². The van der Waals surface area contributed by atoms with Crippen LogP contribution in [0.2, 0.25) is 0 Å². The summed E-state index contributed by atoms with van der Waals surface area (Å²) in [6, 6.07) is 11.3. The number of benzene rings is 2. The first-order valence-corrected chi connectivity index (χ1v) is 10.1. The Kier molecular flexibility index (Phi) is 6.95. The van der Waals surface area contributed by atoms with Crippen molar-refractivity contribution in [3.05, 3.63) is 53.1 Å². The molecule has 0 unspecified atom stereocenters. The van der Waals surface area contributed by atoms with Crippen molar-refractivity contribution in [2.45, 2.75) is 26.8 Å². The molecular weight excluding hydrogens is 382 g/mol. The number of para-hydroxylation sites is 1. The highest BCUT2D eigenvalue weighted by molar-refractivity contribution is 5.94. The highest BCUT2D eigenvalue weighted by atomic mass is 16.6. The number of anilines is 1. The van der Waals surface area contributed by atoms with Crippen molar-refractivity contribution in [3.8, 4) is 11.5 Å². The second-order valence-electron chi connectivity index (χ2n) is 7.68. The van der Waals surface area contributed by atoms with Crippen LogP contribution in [0.15, 0.2) is 36.4 Å². The molecule has 30 heavy (non-hydrogen) atoms. The van der Waals surface area contributed by atoms with Gasteiger partial charge in [0.25, 0.3) is 0 Å². The molecule has 2 aromatic rings. The van der Waals surface area contributed by atoms with E-state index in [1.165, 1.54) is 0 Å². The molecule has 0 saturated heterocycles. The third-order valence-corrected chi connectivity index (χ3v) is 5.02. The first-order chi connectivity index (χ1) is 14.3. The number of hydrogen-bond donors (Lipinski definition) is 2. The van der Waals surface area contributed by atoms with Crippen LogP contribution >= 0.6 is 0 Å². The number of ether oxygens (including phenoxy) is 2. The van der Waals surface area contributed by atoms with Gasteiger partial charge in [-0.1, -0.05) is 24.3 Å². The minimum Gasteiger partial charge on any atom is -0.486 e. The number of aryl methyl sites for hydroxylation is 2. The molecule has 7 nitrogen and oxygen atoms in total. The monoisotopic (exact) mass is 411 g/mol. The molecule has 1 heterocycles. The van der Waals surface area contributed by atoms with Crippen LogP contribution in [0.1, 0.15) is 29.7 Å². The zero-order chi connectivity index (χ0) is 21.7. The average molecular weight is 412 g/mol. The molecule has 2 amide bonds. The minimum absolute atomic E-state index is 0.120. The molecule has 0 spiro atoms. The Labute approximate surface area is 177 Å². The number of carbonyl (C=O) groups is 2. The summed E-state index contributed by atoms with van der Waals surface area (Å²) in [5.74, 6) is 1.11. The molecule has 7 heteroatoms. The topological polar surface area (TPSA) is 79.9 Å². The van der Waals surface area contributed by atoms with Gasteiger partial charge in [0, 0.05) is 5.69 Å². The van der Waals surface area contributed by atoms with E-state index in [0.717, 1.165) is 28.1 Å². The Bertz CT molecular complexity index is 908. The van der Waals surface area contributed by atoms with Gasteiger partial charge >= 0.3 is 0 Å². The van der Waals surface area contributed by atoms with E-state index in [0.29, 0.717) is 19.0 Å². The summed E-state index contributed by atoms with van der Waals surface area (Å²) in [6.45, 7) is 7.14. The summed E-state index contributed by atoms with van der Waals surface area (Å²) in [7, 11) is 1.75. The maximum atomic E-state index is 12.4. The predicted molar refractivity (Wildman–Crippen MR) is 116 cm³/mol. The standard InChI is InChI=1S/C23H29N3O4/c1-15-6-5-7-16(2)23(15)25-22(28)14-26(4)13-21(27)24-17(3)18-8-9-19-20(12-18)30-11-10-29-19/h5-9,12,17H,10-11,13-14H2,1-4H3,(H,24,27)(H,25,28)/t17-/m1/s1. The van der Waals surface area contributed by atoms with Crippen molar-refractivity contribution < 1.29 is 19.1 Å². The van der Waals surface area contributed by atoms with Gasteiger partial charge in [0.05, 0.1) is 19.1 Å². The van der Waals surface area contributed by atoms with E-state index in [-0.39, 0.29) is 30.9 Å². The van der Waals surface area contributed by atoms with Gasteiger partial charge < -0.3 is 20.1 Å². The van der Waals surface area contributed by atoms with Crippen molar-refractivity contribution in [1.29, 1.82) is 0 Å². The molecule has 160 valence electrons. The van der Waals surface area contributed by atoms with E-state index in [4.69, 9.17) is 9.47 Å². The number of carbonyl (C=O) groups excluding carboxylic acids is 2. The van der Waals surface area contributed by atoms with Gasteiger partial charge in [0.1, 0.15) is 13.2 Å². The normalized spacial score (nSPS) is 13.6. The van der Waals surface area contributed by atoms with Crippen LogP contribution < -0.4 is 20.1 Å². The van der Waals surface area contributed by atoms with E-state index in [9.17, 15) is 9.59 Å². The van der Waals surface area contributed by atoms with E-state index >= 15 is 0 Å². The maximum absolute atomic E-state index is 12.4. The van der Waals surface area contributed by atoms with Gasteiger partial charge in [0.15, 0.2) is 11.5 Å². The summed E-state index contributed by atoms with van der Waals surface area (Å²) in [4.78, 5) is 26.5. The molecular formula is C23H29N3O4. The van der Waals surface area contributed by atoms with Crippen LogP contribution in [-0.4, -0.2) is 50.1 Å². The van der Waals surface area contributed by atoms with Crippen LogP contribution in [0.25, 0.3) is 0 Å². The first-order valence-electron chi connectivity index (χ1n) is 10.1. The quantitative estimate of drug-likeness (QED) is 0.732. The van der Waals surface area contributed by atoms with Gasteiger partial charge in [-0.05, 0) is 56.6 Å². The highest BCUT2D eigenvalue weighted by Gasteiger charge is 2.17. The van der Waals surface area contributed by atoms with Gasteiger partial charge in [-0.25, -0.2) is 0 Å². The molecule has 2 aromatic carbocycles. The van der Waals surface area contributed by atoms with Gasteiger partial charge in [-0.15, -0.1) is 0 Å². The van der Waals surface area contributed by atoms with Crippen LogP contribution in [0.4, 0.5) is 5.69 Å². The molecule has 1 aliphatic rings. The van der Waals surface area contributed by atoms with E-state index in [1.54, 1.807) is 11.9 Å². The molecule has 0 bridgehead atoms. The summed E-state index contributed by atoms with van der Waals surface area (Å²) in [6.07, 6.45) is 0. The van der Waals surface area contributed by atoms with Crippen molar-refractivity contribution in [1.82, 2.24) is 10.2 Å². The van der Waals surface area contributed by atoms with Gasteiger partial charge in [-0.3, -0.25) is 14.5 Å². The number of amides is 2. The lowest BCUT2D eigenvalue weighted by molar-refractivity contribution is -0.123. The fourth-order valence-corrected chi connectivity index (χ4v) is 3.44. The lowest BCUT2D eigenvalue weighted by Crippen LogP contribution is -2.39. The Morgan fingerprint density at radius 2 is 1.63 bits per heavy atom. The first kappa shape index (κ1) is 21.6. The Hall–Kier alpha value is -3.06. The summed E-state index contributed by atoms with van der Waals surface area (Å²) in [5, 5.41) is 5.91. The van der Waals surface area contributed by atoms with Crippen molar-refractivity contribution in [3.63, 3.8) is 0 Å². The summed E-state index contributed by atoms with van der Waals surface area (Å²) in [5.41, 5.74) is 3.78. The van der Waals surface area contributed by atoms with Crippen molar-refractivity contribution in [2.75, 3.05) is 38.7 Å². The zero-order valence-electron chi connectivity index (χ0n) is 18.0. The van der Waals surface area contributed by atoms with Crippen LogP contribution in [0.5, 0.6) is 11.5 Å². The molecule has 0 radical (unpaired) electrons. The Morgan fingerprint density at radius 1 is 1.00 bits per heavy atom. The number of likely N-dealkylation sites (N-methyl/N-ethyl adjacent to an activating group) is 1. The van der Waals surface area contributed by atoms with Crippen molar-refractivity contribution in [2.24, 2.45) is 0 Å². The van der Waals surface area contributed by atoms with Crippen LogP contribution in [0, 0.1) is 13.8 Å². The van der Waals surface area contributed by atoms with Crippen LogP contribution in [-0.2, 0) is 9.59 Å². The number of nitrogens with one attached hydrogen (secondary N) is 2. The molecule has 2 N–H and O–H groups in total. The molecule has 0 saturated carbocycles. The fraction of sp³-hybridized carbons (Fsp3) is 0.391. The molecule has 3 rings (SSSR count). The summed E-state index contributed by atoms with van der Waals surface area (Å²) >= 11 is 0. The largest absolute Gasteiger partial charge is 0.486 e. The Balaban J connectivity index is 1.50. The molecule has 0 aromatic heterocycles. The molecule has 0 aliphatic carbocycles. The Morgan fingerprint density at radius 3 is 2.33 bits per heavy atom. The van der Waals surface area contributed by atoms with Gasteiger partial charge in [-0.2, -0.15) is 0 Å². The molecule has 0 fully saturated rings. The molecule has 1 aliphatic heterocycles. The highest BCUT2D eigenvalue weighted by Crippen LogP contribution is 2.32.